The Hall–Kier alpha value is -2.14. The predicted molar refractivity (Wildman–Crippen MR) is 88.6 cm³/mol. The minimum absolute atomic E-state index is 0.118. The van der Waals surface area contributed by atoms with E-state index in [2.05, 4.69) is 9.55 Å². The Labute approximate surface area is 136 Å². The molecule has 0 saturated carbocycles. The minimum Gasteiger partial charge on any atom is -0.383 e. The van der Waals surface area contributed by atoms with Crippen molar-refractivity contribution < 1.29 is 9.53 Å². The molecule has 0 spiro atoms. The maximum Gasteiger partial charge on any atom is 0.256 e. The number of aromatic nitrogens is 2. The van der Waals surface area contributed by atoms with Crippen LogP contribution < -0.4 is 0 Å². The van der Waals surface area contributed by atoms with E-state index >= 15 is 0 Å². The molecule has 1 aliphatic rings. The maximum atomic E-state index is 12.8. The largest absolute Gasteiger partial charge is 0.383 e. The van der Waals surface area contributed by atoms with Crippen molar-refractivity contribution in [3.63, 3.8) is 0 Å². The molecule has 0 aromatic carbocycles. The fraction of sp³-hybridized carbons (Fsp3) is 0.444. The molecule has 1 fully saturated rings. The van der Waals surface area contributed by atoms with Crippen molar-refractivity contribution in [1.29, 1.82) is 0 Å². The molecule has 1 amide bonds. The first kappa shape index (κ1) is 15.7. The Morgan fingerprint density at radius 1 is 1.35 bits per heavy atom. The number of aryl methyl sites for hydroxylation is 1. The molecular formula is C18H23N3O2. The lowest BCUT2D eigenvalue weighted by atomic mass is 10.0. The van der Waals surface area contributed by atoms with Crippen LogP contribution in [0, 0.1) is 13.8 Å². The summed E-state index contributed by atoms with van der Waals surface area (Å²) in [6, 6.07) is 6.23. The van der Waals surface area contributed by atoms with E-state index in [4.69, 9.17) is 4.74 Å². The van der Waals surface area contributed by atoms with Crippen molar-refractivity contribution >= 4 is 5.91 Å². The predicted octanol–water partition coefficient (Wildman–Crippen LogP) is 2.41. The number of rotatable bonds is 5. The van der Waals surface area contributed by atoms with Gasteiger partial charge in [0.05, 0.1) is 18.2 Å². The summed E-state index contributed by atoms with van der Waals surface area (Å²) in [7, 11) is 1.68. The van der Waals surface area contributed by atoms with E-state index in [-0.39, 0.29) is 11.9 Å². The molecule has 1 unspecified atom stereocenters. The molecule has 3 rings (SSSR count). The molecule has 122 valence electrons. The van der Waals surface area contributed by atoms with Gasteiger partial charge in [-0.25, -0.2) is 0 Å². The van der Waals surface area contributed by atoms with Gasteiger partial charge >= 0.3 is 0 Å². The molecule has 1 atom stereocenters. The standard InChI is InChI=1S/C18H23N3O2/c1-13-10-17(18(22)20-9-6-16(20)12-23-3)14(2)21(13)11-15-4-7-19-8-5-15/h4-5,7-8,10,16H,6,9,11-12H2,1-3H3. The molecule has 0 radical (unpaired) electrons. The molecule has 5 nitrogen and oxygen atoms in total. The number of likely N-dealkylation sites (tertiary alicyclic amines) is 1. The Kier molecular flexibility index (Phi) is 4.48. The van der Waals surface area contributed by atoms with Crippen LogP contribution in [0.25, 0.3) is 0 Å². The number of pyridine rings is 1. The Morgan fingerprint density at radius 3 is 2.70 bits per heavy atom. The molecule has 1 saturated heterocycles. The second-order valence-electron chi connectivity index (χ2n) is 6.12. The molecule has 2 aromatic heterocycles. The maximum absolute atomic E-state index is 12.8. The Morgan fingerprint density at radius 2 is 2.09 bits per heavy atom. The second-order valence-corrected chi connectivity index (χ2v) is 6.12. The highest BCUT2D eigenvalue weighted by molar-refractivity contribution is 5.96. The number of hydrogen-bond donors (Lipinski definition) is 0. The fourth-order valence-corrected chi connectivity index (χ4v) is 3.16. The Bertz CT molecular complexity index is 694. The van der Waals surface area contributed by atoms with Crippen LogP contribution in [-0.4, -0.2) is 46.7 Å². The van der Waals surface area contributed by atoms with Crippen molar-refractivity contribution in [2.24, 2.45) is 0 Å². The highest BCUT2D eigenvalue weighted by Gasteiger charge is 2.34. The lowest BCUT2D eigenvalue weighted by Crippen LogP contribution is -2.53. The van der Waals surface area contributed by atoms with Gasteiger partial charge in [0.1, 0.15) is 0 Å². The molecule has 5 heteroatoms. The first-order chi connectivity index (χ1) is 11.1. The molecule has 0 N–H and O–H groups in total. The van der Waals surface area contributed by atoms with E-state index in [0.717, 1.165) is 36.5 Å². The third-order valence-electron chi connectivity index (χ3n) is 4.66. The van der Waals surface area contributed by atoms with Gasteiger partial charge in [-0.15, -0.1) is 0 Å². The van der Waals surface area contributed by atoms with Gasteiger partial charge in [-0.05, 0) is 44.0 Å². The number of amides is 1. The first-order valence-corrected chi connectivity index (χ1v) is 7.97. The zero-order chi connectivity index (χ0) is 16.4. The van der Waals surface area contributed by atoms with E-state index in [0.29, 0.717) is 6.61 Å². The van der Waals surface area contributed by atoms with Crippen LogP contribution >= 0.6 is 0 Å². The molecule has 3 heterocycles. The Balaban J connectivity index is 1.82. The molecule has 2 aromatic rings. The highest BCUT2D eigenvalue weighted by atomic mass is 16.5. The number of ether oxygens (including phenoxy) is 1. The van der Waals surface area contributed by atoms with E-state index in [1.807, 2.05) is 36.9 Å². The third kappa shape index (κ3) is 3.01. The lowest BCUT2D eigenvalue weighted by molar-refractivity contribution is 0.0201. The van der Waals surface area contributed by atoms with E-state index in [9.17, 15) is 4.79 Å². The summed E-state index contributed by atoms with van der Waals surface area (Å²) in [4.78, 5) is 18.8. The normalized spacial score (nSPS) is 17.2. The van der Waals surface area contributed by atoms with Crippen LogP contribution in [0.15, 0.2) is 30.6 Å². The number of hydrogen-bond acceptors (Lipinski definition) is 3. The summed E-state index contributed by atoms with van der Waals surface area (Å²) in [5.41, 5.74) is 4.11. The van der Waals surface area contributed by atoms with Crippen LogP contribution in [0.5, 0.6) is 0 Å². The quantitative estimate of drug-likeness (QED) is 0.851. The van der Waals surface area contributed by atoms with Gasteiger partial charge in [0.2, 0.25) is 0 Å². The van der Waals surface area contributed by atoms with Gasteiger partial charge in [-0.3, -0.25) is 9.78 Å². The van der Waals surface area contributed by atoms with Crippen LogP contribution in [-0.2, 0) is 11.3 Å². The molecule has 1 aliphatic heterocycles. The van der Waals surface area contributed by atoms with Gasteiger partial charge in [0, 0.05) is 44.0 Å². The van der Waals surface area contributed by atoms with Crippen molar-refractivity contribution in [1.82, 2.24) is 14.5 Å². The van der Waals surface area contributed by atoms with Gasteiger partial charge in [-0.2, -0.15) is 0 Å². The van der Waals surface area contributed by atoms with Gasteiger partial charge < -0.3 is 14.2 Å². The van der Waals surface area contributed by atoms with Gasteiger partial charge in [-0.1, -0.05) is 0 Å². The second kappa shape index (κ2) is 6.54. The fourth-order valence-electron chi connectivity index (χ4n) is 3.16. The van der Waals surface area contributed by atoms with Gasteiger partial charge in [0.15, 0.2) is 0 Å². The number of nitrogens with zero attached hydrogens (tertiary/aromatic N) is 3. The smallest absolute Gasteiger partial charge is 0.256 e. The number of carbonyl (C=O) groups excluding carboxylic acids is 1. The van der Waals surface area contributed by atoms with Gasteiger partial charge in [0.25, 0.3) is 5.91 Å². The summed E-state index contributed by atoms with van der Waals surface area (Å²) >= 11 is 0. The minimum atomic E-state index is 0.118. The van der Waals surface area contributed by atoms with Crippen molar-refractivity contribution in [2.75, 3.05) is 20.3 Å². The molecular weight excluding hydrogens is 290 g/mol. The van der Waals surface area contributed by atoms with Crippen molar-refractivity contribution in [3.8, 4) is 0 Å². The van der Waals surface area contributed by atoms with Crippen LogP contribution in [0.2, 0.25) is 0 Å². The third-order valence-corrected chi connectivity index (χ3v) is 4.66. The number of methoxy groups -OCH3 is 1. The topological polar surface area (TPSA) is 47.4 Å². The summed E-state index contributed by atoms with van der Waals surface area (Å²) in [6.07, 6.45) is 4.62. The highest BCUT2D eigenvalue weighted by Crippen LogP contribution is 2.24. The lowest BCUT2D eigenvalue weighted by Gasteiger charge is -2.40. The summed E-state index contributed by atoms with van der Waals surface area (Å²) in [6.45, 7) is 6.26. The van der Waals surface area contributed by atoms with Crippen molar-refractivity contribution in [3.05, 3.63) is 53.1 Å². The van der Waals surface area contributed by atoms with Crippen LogP contribution in [0.3, 0.4) is 0 Å². The zero-order valence-electron chi connectivity index (χ0n) is 14.0. The average molecular weight is 313 g/mol. The first-order valence-electron chi connectivity index (χ1n) is 7.97. The van der Waals surface area contributed by atoms with Crippen LogP contribution in [0.1, 0.15) is 33.7 Å². The molecule has 0 aliphatic carbocycles. The van der Waals surface area contributed by atoms with E-state index in [1.54, 1.807) is 19.5 Å². The van der Waals surface area contributed by atoms with E-state index < -0.39 is 0 Å². The van der Waals surface area contributed by atoms with Crippen LogP contribution in [0.4, 0.5) is 0 Å². The zero-order valence-corrected chi connectivity index (χ0v) is 14.0. The monoisotopic (exact) mass is 313 g/mol. The SMILES string of the molecule is COCC1CCN1C(=O)c1cc(C)n(Cc2ccncc2)c1C. The summed E-state index contributed by atoms with van der Waals surface area (Å²) < 4.78 is 7.38. The molecule has 23 heavy (non-hydrogen) atoms. The summed E-state index contributed by atoms with van der Waals surface area (Å²) in [5, 5.41) is 0. The summed E-state index contributed by atoms with van der Waals surface area (Å²) in [5.74, 6) is 0.118. The average Bonchev–Trinajstić information content (AvgIpc) is 2.81. The number of carbonyl (C=O) groups is 1. The van der Waals surface area contributed by atoms with Crippen molar-refractivity contribution in [2.45, 2.75) is 32.9 Å². The van der Waals surface area contributed by atoms with E-state index in [1.165, 1.54) is 5.56 Å². The molecule has 0 bridgehead atoms.